The molecule has 1 N–H and O–H groups in total. The first-order valence-corrected chi connectivity index (χ1v) is 6.54. The van der Waals surface area contributed by atoms with E-state index in [9.17, 15) is 9.18 Å². The van der Waals surface area contributed by atoms with Gasteiger partial charge in [-0.3, -0.25) is 0 Å². The number of nitrogens with zero attached hydrogens (tertiary/aromatic N) is 1. The number of benzene rings is 2. The lowest BCUT2D eigenvalue weighted by Crippen LogP contribution is -2.35. The fraction of sp³-hybridized carbons (Fsp3) is 0.133. The summed E-state index contributed by atoms with van der Waals surface area (Å²) in [5, 5.41) is 2.73. The van der Waals surface area contributed by atoms with E-state index in [1.54, 1.807) is 30.3 Å². The molecule has 0 unspecified atom stereocenters. The lowest BCUT2D eigenvalue weighted by Gasteiger charge is -2.16. The van der Waals surface area contributed by atoms with Crippen LogP contribution in [0.5, 0.6) is 0 Å². The van der Waals surface area contributed by atoms with Crippen LogP contribution in [0.25, 0.3) is 0 Å². The molecular weight excluding hydrogens is 275 g/mol. The van der Waals surface area contributed by atoms with Crippen LogP contribution in [0.2, 0.25) is 0 Å². The highest BCUT2D eigenvalue weighted by Gasteiger charge is 2.10. The van der Waals surface area contributed by atoms with E-state index < -0.39 is 0 Å². The van der Waals surface area contributed by atoms with Crippen molar-refractivity contribution >= 4 is 24.5 Å². The Labute approximate surface area is 123 Å². The zero-order valence-electron chi connectivity index (χ0n) is 10.7. The summed E-state index contributed by atoms with van der Waals surface area (Å²) in [6.07, 6.45) is 0.563. The molecule has 0 bridgehead atoms. The summed E-state index contributed by atoms with van der Waals surface area (Å²) in [7, 11) is 0. The van der Waals surface area contributed by atoms with E-state index >= 15 is 0 Å². The predicted molar refractivity (Wildman–Crippen MR) is 80.2 cm³/mol. The SMILES string of the molecule is O=C(NCCc1cccc(F)c1)N(S)c1cc[c]cc1. The number of rotatable bonds is 4. The van der Waals surface area contributed by atoms with Crippen molar-refractivity contribution in [2.45, 2.75) is 6.42 Å². The highest BCUT2D eigenvalue weighted by atomic mass is 32.1. The maximum Gasteiger partial charge on any atom is 0.331 e. The normalized spacial score (nSPS) is 10.1. The summed E-state index contributed by atoms with van der Waals surface area (Å²) >= 11 is 4.14. The van der Waals surface area contributed by atoms with Crippen LogP contribution in [0.3, 0.4) is 0 Å². The molecule has 0 fully saturated rings. The smallest absolute Gasteiger partial charge is 0.331 e. The molecule has 1 radical (unpaired) electrons. The number of carbonyl (C=O) groups excluding carboxylic acids is 1. The fourth-order valence-corrected chi connectivity index (χ4v) is 1.92. The first-order valence-electron chi connectivity index (χ1n) is 6.14. The van der Waals surface area contributed by atoms with Crippen molar-refractivity contribution in [3.8, 4) is 0 Å². The number of urea groups is 1. The van der Waals surface area contributed by atoms with Crippen LogP contribution in [0.4, 0.5) is 14.9 Å². The van der Waals surface area contributed by atoms with Crippen molar-refractivity contribution in [2.75, 3.05) is 10.8 Å². The van der Waals surface area contributed by atoms with E-state index in [1.807, 2.05) is 6.07 Å². The number of hydrogen-bond acceptors (Lipinski definition) is 2. The second-order valence-electron chi connectivity index (χ2n) is 4.18. The molecule has 0 saturated carbocycles. The molecule has 2 rings (SSSR count). The summed E-state index contributed by atoms with van der Waals surface area (Å²) < 4.78 is 14.2. The molecule has 2 aromatic rings. The van der Waals surface area contributed by atoms with Crippen LogP contribution in [0.15, 0.2) is 48.5 Å². The molecule has 5 heteroatoms. The number of halogens is 1. The second-order valence-corrected chi connectivity index (χ2v) is 4.58. The Morgan fingerprint density at radius 1 is 1.30 bits per heavy atom. The van der Waals surface area contributed by atoms with E-state index in [1.165, 1.54) is 16.4 Å². The number of thiol groups is 1. The molecule has 0 aromatic heterocycles. The van der Waals surface area contributed by atoms with Crippen molar-refractivity contribution < 1.29 is 9.18 Å². The van der Waals surface area contributed by atoms with E-state index in [2.05, 4.69) is 24.2 Å². The van der Waals surface area contributed by atoms with Crippen molar-refractivity contribution in [3.05, 3.63) is 66.0 Å². The van der Waals surface area contributed by atoms with Gasteiger partial charge < -0.3 is 5.32 Å². The molecule has 0 aliphatic heterocycles. The van der Waals surface area contributed by atoms with Crippen LogP contribution in [-0.2, 0) is 6.42 Å². The Bertz CT molecular complexity index is 577. The number of nitrogens with one attached hydrogen (secondary N) is 1. The quantitative estimate of drug-likeness (QED) is 0.832. The van der Waals surface area contributed by atoms with E-state index in [0.29, 0.717) is 18.7 Å². The van der Waals surface area contributed by atoms with Crippen molar-refractivity contribution in [2.24, 2.45) is 0 Å². The molecule has 0 aliphatic rings. The van der Waals surface area contributed by atoms with Gasteiger partial charge in [0.25, 0.3) is 0 Å². The predicted octanol–water partition coefficient (Wildman–Crippen LogP) is 3.23. The molecular formula is C15H14FN2OS. The zero-order chi connectivity index (χ0) is 14.4. The number of anilines is 1. The van der Waals surface area contributed by atoms with Crippen molar-refractivity contribution in [3.63, 3.8) is 0 Å². The van der Waals surface area contributed by atoms with Crippen molar-refractivity contribution in [1.82, 2.24) is 5.32 Å². The summed E-state index contributed by atoms with van der Waals surface area (Å²) in [5.41, 5.74) is 1.50. The number of carbonyl (C=O) groups is 1. The van der Waals surface area contributed by atoms with E-state index in [-0.39, 0.29) is 11.8 Å². The standard InChI is InChI=1S/C15H14FN2OS/c16-13-6-4-5-12(11-13)9-10-17-15(19)18(20)14-7-2-1-3-8-14/h2-8,11,20H,9-10H2,(H,17,19). The van der Waals surface area contributed by atoms with Crippen LogP contribution >= 0.6 is 12.8 Å². The third-order valence-corrected chi connectivity index (χ3v) is 3.13. The molecule has 0 heterocycles. The largest absolute Gasteiger partial charge is 0.337 e. The van der Waals surface area contributed by atoms with Crippen LogP contribution < -0.4 is 9.62 Å². The minimum Gasteiger partial charge on any atom is -0.337 e. The fourth-order valence-electron chi connectivity index (χ4n) is 1.72. The summed E-state index contributed by atoms with van der Waals surface area (Å²) in [6, 6.07) is 15.7. The Morgan fingerprint density at radius 3 is 2.75 bits per heavy atom. The van der Waals surface area contributed by atoms with Gasteiger partial charge in [0.15, 0.2) is 0 Å². The third kappa shape index (κ3) is 3.99. The van der Waals surface area contributed by atoms with Gasteiger partial charge in [-0.05, 0) is 42.3 Å². The minimum atomic E-state index is -0.323. The van der Waals surface area contributed by atoms with Gasteiger partial charge in [-0.1, -0.05) is 37.1 Å². The van der Waals surface area contributed by atoms with Gasteiger partial charge in [-0.15, -0.1) is 0 Å². The van der Waals surface area contributed by atoms with Gasteiger partial charge >= 0.3 is 6.03 Å². The Kier molecular flexibility index (Phi) is 5.01. The van der Waals surface area contributed by atoms with Gasteiger partial charge in [0, 0.05) is 6.54 Å². The first-order chi connectivity index (χ1) is 9.66. The van der Waals surface area contributed by atoms with Gasteiger partial charge in [-0.25, -0.2) is 13.5 Å². The highest BCUT2D eigenvalue weighted by molar-refractivity contribution is 7.82. The average Bonchev–Trinajstić information content (AvgIpc) is 2.47. The van der Waals surface area contributed by atoms with E-state index in [0.717, 1.165) is 5.56 Å². The molecule has 0 saturated heterocycles. The summed E-state index contributed by atoms with van der Waals surface area (Å²) in [5.74, 6) is -0.273. The number of amides is 2. The lowest BCUT2D eigenvalue weighted by atomic mass is 10.1. The maximum atomic E-state index is 13.0. The minimum absolute atomic E-state index is 0.273. The van der Waals surface area contributed by atoms with Crippen molar-refractivity contribution in [1.29, 1.82) is 0 Å². The Balaban J connectivity index is 1.83. The lowest BCUT2D eigenvalue weighted by molar-refractivity contribution is 0.250. The van der Waals surface area contributed by atoms with Crippen LogP contribution in [0.1, 0.15) is 5.56 Å². The Morgan fingerprint density at radius 2 is 2.05 bits per heavy atom. The maximum absolute atomic E-state index is 13.0. The monoisotopic (exact) mass is 289 g/mol. The number of hydrogen-bond donors (Lipinski definition) is 2. The molecule has 103 valence electrons. The second kappa shape index (κ2) is 6.96. The zero-order valence-corrected chi connectivity index (χ0v) is 11.6. The Hall–Kier alpha value is -2.01. The molecule has 2 aromatic carbocycles. The van der Waals surface area contributed by atoms with E-state index in [4.69, 9.17) is 0 Å². The first kappa shape index (κ1) is 14.4. The molecule has 0 aliphatic carbocycles. The third-order valence-electron chi connectivity index (χ3n) is 2.72. The molecule has 20 heavy (non-hydrogen) atoms. The van der Waals surface area contributed by atoms with Gasteiger partial charge in [-0.2, -0.15) is 0 Å². The molecule has 0 spiro atoms. The van der Waals surface area contributed by atoms with Gasteiger partial charge in [0.2, 0.25) is 0 Å². The van der Waals surface area contributed by atoms with Gasteiger partial charge in [0.1, 0.15) is 5.82 Å². The average molecular weight is 289 g/mol. The highest BCUT2D eigenvalue weighted by Crippen LogP contribution is 2.14. The van der Waals surface area contributed by atoms with Crippen LogP contribution in [0, 0.1) is 11.9 Å². The van der Waals surface area contributed by atoms with Gasteiger partial charge in [0.05, 0.1) is 5.69 Å². The molecule has 2 amide bonds. The molecule has 3 nitrogen and oxygen atoms in total. The summed E-state index contributed by atoms with van der Waals surface area (Å²) in [6.45, 7) is 0.415. The topological polar surface area (TPSA) is 32.3 Å². The summed E-state index contributed by atoms with van der Waals surface area (Å²) in [4.78, 5) is 11.9. The molecule has 0 atom stereocenters. The van der Waals surface area contributed by atoms with Crippen LogP contribution in [-0.4, -0.2) is 12.6 Å².